The predicted octanol–water partition coefficient (Wildman–Crippen LogP) is 4.19. The fraction of sp³-hybridized carbons (Fsp3) is 0.0800. The van der Waals surface area contributed by atoms with Crippen molar-refractivity contribution in [2.24, 2.45) is 0 Å². The third kappa shape index (κ3) is 6.97. The molecule has 3 aromatic rings. The summed E-state index contributed by atoms with van der Waals surface area (Å²) in [6, 6.07) is 23.2. The number of hydrogen-bond donors (Lipinski definition) is 2. The highest BCUT2D eigenvalue weighted by Crippen LogP contribution is 2.15. The zero-order valence-electron chi connectivity index (χ0n) is 17.0. The first-order valence-corrected chi connectivity index (χ1v) is 9.69. The Labute approximate surface area is 180 Å². The summed E-state index contributed by atoms with van der Waals surface area (Å²) in [6.07, 6.45) is 3.21. The monoisotopic (exact) mass is 414 g/mol. The molecule has 0 aliphatic rings. The Kier molecular flexibility index (Phi) is 7.32. The molecular weight excluding hydrogens is 392 g/mol. The van der Waals surface area contributed by atoms with Crippen molar-refractivity contribution >= 4 is 29.5 Å². The lowest BCUT2D eigenvalue weighted by Crippen LogP contribution is -2.23. The summed E-state index contributed by atoms with van der Waals surface area (Å²) in [6.45, 7) is 1.58. The van der Waals surface area contributed by atoms with E-state index in [-0.39, 0.29) is 18.4 Å². The molecule has 31 heavy (non-hydrogen) atoms. The smallest absolute Gasteiger partial charge is 0.308 e. The fourth-order valence-corrected chi connectivity index (χ4v) is 2.83. The van der Waals surface area contributed by atoms with Crippen LogP contribution in [-0.4, -0.2) is 17.8 Å². The van der Waals surface area contributed by atoms with E-state index in [9.17, 15) is 14.4 Å². The summed E-state index contributed by atoms with van der Waals surface area (Å²) in [5.41, 5.74) is 2.78. The van der Waals surface area contributed by atoms with Crippen LogP contribution in [0.3, 0.4) is 0 Å². The summed E-state index contributed by atoms with van der Waals surface area (Å²) in [5, 5.41) is 5.63. The second-order valence-electron chi connectivity index (χ2n) is 6.74. The minimum atomic E-state index is -0.449. The molecule has 2 amide bonds. The third-order valence-corrected chi connectivity index (χ3v) is 4.23. The molecular formula is C25H22N2O4. The standard InChI is InChI=1S/C25H22N2O4/c1-18(28)31-23-12-6-10-21(16-23)25(30)26-17-20-9-5-11-22(15-20)27-24(29)14-13-19-7-3-2-4-8-19/h2-16H,17H2,1H3,(H,26,30)(H,27,29)/b14-13+. The van der Waals surface area contributed by atoms with Crippen LogP contribution in [0.15, 0.2) is 84.9 Å². The Morgan fingerprint density at radius 3 is 2.45 bits per heavy atom. The van der Waals surface area contributed by atoms with Crippen LogP contribution in [-0.2, 0) is 16.1 Å². The van der Waals surface area contributed by atoms with Crippen LogP contribution in [0.1, 0.15) is 28.4 Å². The molecule has 0 aliphatic heterocycles. The largest absolute Gasteiger partial charge is 0.427 e. The van der Waals surface area contributed by atoms with Crippen LogP contribution in [0.5, 0.6) is 5.75 Å². The first-order chi connectivity index (χ1) is 15.0. The van der Waals surface area contributed by atoms with Gasteiger partial charge in [0.15, 0.2) is 0 Å². The molecule has 156 valence electrons. The van der Waals surface area contributed by atoms with E-state index in [4.69, 9.17) is 4.74 Å². The first-order valence-electron chi connectivity index (χ1n) is 9.69. The van der Waals surface area contributed by atoms with Gasteiger partial charge in [0, 0.05) is 30.8 Å². The summed E-state index contributed by atoms with van der Waals surface area (Å²) >= 11 is 0. The average molecular weight is 414 g/mol. The molecule has 0 saturated carbocycles. The van der Waals surface area contributed by atoms with Crippen LogP contribution in [0.4, 0.5) is 5.69 Å². The van der Waals surface area contributed by atoms with Gasteiger partial charge in [0.2, 0.25) is 5.91 Å². The van der Waals surface area contributed by atoms with Crippen LogP contribution >= 0.6 is 0 Å². The molecule has 0 aromatic heterocycles. The molecule has 0 fully saturated rings. The van der Waals surface area contributed by atoms with Gasteiger partial charge in [0.25, 0.3) is 5.91 Å². The SMILES string of the molecule is CC(=O)Oc1cccc(C(=O)NCc2cccc(NC(=O)/C=C/c3ccccc3)c2)c1. The Morgan fingerprint density at radius 1 is 0.903 bits per heavy atom. The van der Waals surface area contributed by atoms with Crippen molar-refractivity contribution in [1.29, 1.82) is 0 Å². The summed E-state index contributed by atoms with van der Waals surface area (Å²) in [7, 11) is 0. The Morgan fingerprint density at radius 2 is 1.68 bits per heavy atom. The second-order valence-corrected chi connectivity index (χ2v) is 6.74. The van der Waals surface area contributed by atoms with Gasteiger partial charge in [-0.1, -0.05) is 48.5 Å². The zero-order valence-corrected chi connectivity index (χ0v) is 17.0. The van der Waals surface area contributed by atoms with Gasteiger partial charge in [-0.25, -0.2) is 0 Å². The molecule has 2 N–H and O–H groups in total. The highest BCUT2D eigenvalue weighted by atomic mass is 16.5. The van der Waals surface area contributed by atoms with E-state index in [0.717, 1.165) is 11.1 Å². The van der Waals surface area contributed by atoms with Gasteiger partial charge in [0.05, 0.1) is 0 Å². The molecule has 0 bridgehead atoms. The lowest BCUT2D eigenvalue weighted by molar-refractivity contribution is -0.131. The number of amides is 2. The molecule has 0 atom stereocenters. The van der Waals surface area contributed by atoms with Gasteiger partial charge in [-0.05, 0) is 47.5 Å². The first kappa shape index (κ1) is 21.5. The Hall–Kier alpha value is -4.19. The number of rotatable bonds is 7. The molecule has 3 rings (SSSR count). The highest BCUT2D eigenvalue weighted by Gasteiger charge is 2.08. The van der Waals surface area contributed by atoms with E-state index in [1.807, 2.05) is 36.4 Å². The maximum atomic E-state index is 12.4. The minimum Gasteiger partial charge on any atom is -0.427 e. The van der Waals surface area contributed by atoms with E-state index in [2.05, 4.69) is 10.6 Å². The van der Waals surface area contributed by atoms with Crippen LogP contribution in [0, 0.1) is 0 Å². The van der Waals surface area contributed by atoms with Crippen LogP contribution < -0.4 is 15.4 Å². The summed E-state index contributed by atoms with van der Waals surface area (Å²) < 4.78 is 5.00. The van der Waals surface area contributed by atoms with E-state index >= 15 is 0 Å². The lowest BCUT2D eigenvalue weighted by Gasteiger charge is -2.09. The number of anilines is 1. The number of hydrogen-bond acceptors (Lipinski definition) is 4. The number of carbonyl (C=O) groups is 3. The minimum absolute atomic E-state index is 0.243. The number of benzene rings is 3. The van der Waals surface area contributed by atoms with Crippen molar-refractivity contribution in [2.75, 3.05) is 5.32 Å². The van der Waals surface area contributed by atoms with Crippen molar-refractivity contribution in [3.63, 3.8) is 0 Å². The predicted molar refractivity (Wildman–Crippen MR) is 119 cm³/mol. The molecule has 0 radical (unpaired) electrons. The van der Waals surface area contributed by atoms with E-state index < -0.39 is 5.97 Å². The molecule has 0 heterocycles. The fourth-order valence-electron chi connectivity index (χ4n) is 2.83. The van der Waals surface area contributed by atoms with Gasteiger partial charge in [-0.3, -0.25) is 14.4 Å². The van der Waals surface area contributed by atoms with E-state index in [0.29, 0.717) is 17.0 Å². The van der Waals surface area contributed by atoms with Gasteiger partial charge >= 0.3 is 5.97 Å². The van der Waals surface area contributed by atoms with Crippen LogP contribution in [0.2, 0.25) is 0 Å². The summed E-state index contributed by atoms with van der Waals surface area (Å²) in [4.78, 5) is 35.6. The average Bonchev–Trinajstić information content (AvgIpc) is 2.77. The topological polar surface area (TPSA) is 84.5 Å². The normalized spacial score (nSPS) is 10.5. The highest BCUT2D eigenvalue weighted by molar-refractivity contribution is 6.02. The van der Waals surface area contributed by atoms with E-state index in [1.165, 1.54) is 19.1 Å². The molecule has 0 unspecified atom stereocenters. The number of nitrogens with one attached hydrogen (secondary N) is 2. The van der Waals surface area contributed by atoms with Crippen molar-refractivity contribution in [2.45, 2.75) is 13.5 Å². The Bertz CT molecular complexity index is 1110. The van der Waals surface area contributed by atoms with Crippen molar-refractivity contribution in [3.05, 3.63) is 102 Å². The number of esters is 1. The van der Waals surface area contributed by atoms with Gasteiger partial charge < -0.3 is 15.4 Å². The summed E-state index contributed by atoms with van der Waals surface area (Å²) in [5.74, 6) is -0.676. The molecule has 3 aromatic carbocycles. The molecule has 0 spiro atoms. The molecule has 0 aliphatic carbocycles. The van der Waals surface area contributed by atoms with Crippen molar-refractivity contribution in [3.8, 4) is 5.75 Å². The molecule has 6 nitrogen and oxygen atoms in total. The second kappa shape index (κ2) is 10.5. The molecule has 0 saturated heterocycles. The van der Waals surface area contributed by atoms with Gasteiger partial charge in [-0.15, -0.1) is 0 Å². The number of ether oxygens (including phenoxy) is 1. The zero-order chi connectivity index (χ0) is 22.1. The van der Waals surface area contributed by atoms with Crippen molar-refractivity contribution in [1.82, 2.24) is 5.32 Å². The third-order valence-electron chi connectivity index (χ3n) is 4.23. The van der Waals surface area contributed by atoms with Crippen molar-refractivity contribution < 1.29 is 19.1 Å². The maximum Gasteiger partial charge on any atom is 0.308 e. The van der Waals surface area contributed by atoms with E-state index in [1.54, 1.807) is 42.5 Å². The van der Waals surface area contributed by atoms with Gasteiger partial charge in [0.1, 0.15) is 5.75 Å². The van der Waals surface area contributed by atoms with Crippen LogP contribution in [0.25, 0.3) is 6.08 Å². The quantitative estimate of drug-likeness (QED) is 0.345. The maximum absolute atomic E-state index is 12.4. The van der Waals surface area contributed by atoms with Gasteiger partial charge in [-0.2, -0.15) is 0 Å². The Balaban J connectivity index is 1.57. The lowest BCUT2D eigenvalue weighted by atomic mass is 10.1. The molecule has 6 heteroatoms. The number of carbonyl (C=O) groups excluding carboxylic acids is 3.